The lowest BCUT2D eigenvalue weighted by molar-refractivity contribution is 1.33. The quantitative estimate of drug-likeness (QED) is 0.564. The van der Waals surface area contributed by atoms with Crippen molar-refractivity contribution in [2.75, 3.05) is 5.43 Å². The Bertz CT molecular complexity index is 795. The molecule has 3 nitrogen and oxygen atoms in total. The molecule has 2 aromatic carbocycles. The van der Waals surface area contributed by atoms with Crippen LogP contribution in [0.4, 0.5) is 5.69 Å². The predicted molar refractivity (Wildman–Crippen MR) is 89.1 cm³/mol. The number of aryl methyl sites for hydroxylation is 1. The van der Waals surface area contributed by atoms with Gasteiger partial charge in [0.15, 0.2) is 0 Å². The number of benzene rings is 2. The van der Waals surface area contributed by atoms with E-state index in [4.69, 9.17) is 11.6 Å². The average Bonchev–Trinajstić information content (AvgIpc) is 2.49. The SMILES string of the molecule is Cc1ccc(/C=N/Nc2ccnc3cc(Cl)ccc23)cc1. The molecule has 0 fully saturated rings. The third kappa shape index (κ3) is 3.20. The molecule has 1 N–H and O–H groups in total. The lowest BCUT2D eigenvalue weighted by Crippen LogP contribution is -1.92. The molecule has 1 aromatic heterocycles. The Kier molecular flexibility index (Phi) is 3.84. The van der Waals surface area contributed by atoms with E-state index in [1.807, 2.05) is 36.4 Å². The number of aromatic nitrogens is 1. The van der Waals surface area contributed by atoms with Gasteiger partial charge in [0.05, 0.1) is 17.4 Å². The van der Waals surface area contributed by atoms with Crippen LogP contribution in [0.2, 0.25) is 5.02 Å². The molecule has 0 radical (unpaired) electrons. The molecule has 21 heavy (non-hydrogen) atoms. The van der Waals surface area contributed by atoms with Gasteiger partial charge in [0.2, 0.25) is 0 Å². The second-order valence-corrected chi connectivity index (χ2v) is 5.24. The van der Waals surface area contributed by atoms with Crippen molar-refractivity contribution in [3.05, 3.63) is 70.9 Å². The standard InChI is InChI=1S/C17H14ClN3/c1-12-2-4-13(5-3-12)11-20-21-16-8-9-19-17-10-14(18)6-7-15(16)17/h2-11H,1H3,(H,19,21)/b20-11+. The van der Waals surface area contributed by atoms with E-state index in [0.29, 0.717) is 5.02 Å². The zero-order valence-electron chi connectivity index (χ0n) is 11.5. The summed E-state index contributed by atoms with van der Waals surface area (Å²) in [6.07, 6.45) is 3.53. The Morgan fingerprint density at radius 2 is 1.90 bits per heavy atom. The summed E-state index contributed by atoms with van der Waals surface area (Å²) in [6, 6.07) is 15.7. The lowest BCUT2D eigenvalue weighted by atomic mass is 10.2. The zero-order chi connectivity index (χ0) is 14.7. The molecule has 0 bridgehead atoms. The molecule has 0 aliphatic heterocycles. The molecule has 3 aromatic rings. The van der Waals surface area contributed by atoms with Crippen LogP contribution in [0, 0.1) is 6.92 Å². The first kappa shape index (κ1) is 13.6. The minimum absolute atomic E-state index is 0.676. The predicted octanol–water partition coefficient (Wildman–Crippen LogP) is 4.64. The number of hydrazone groups is 1. The Morgan fingerprint density at radius 1 is 1.10 bits per heavy atom. The second kappa shape index (κ2) is 5.94. The highest BCUT2D eigenvalue weighted by Crippen LogP contribution is 2.24. The van der Waals surface area contributed by atoms with Gasteiger partial charge in [-0.2, -0.15) is 5.10 Å². The Hall–Kier alpha value is -2.39. The summed E-state index contributed by atoms with van der Waals surface area (Å²) >= 11 is 5.98. The van der Waals surface area contributed by atoms with Crippen LogP contribution in [-0.2, 0) is 0 Å². The van der Waals surface area contributed by atoms with Crippen molar-refractivity contribution in [1.29, 1.82) is 0 Å². The summed E-state index contributed by atoms with van der Waals surface area (Å²) in [4.78, 5) is 4.30. The summed E-state index contributed by atoms with van der Waals surface area (Å²) in [6.45, 7) is 2.06. The van der Waals surface area contributed by atoms with Gasteiger partial charge in [-0.3, -0.25) is 10.4 Å². The van der Waals surface area contributed by atoms with Gasteiger partial charge < -0.3 is 0 Å². The molecule has 0 saturated heterocycles. The minimum Gasteiger partial charge on any atom is -0.278 e. The van der Waals surface area contributed by atoms with E-state index >= 15 is 0 Å². The van der Waals surface area contributed by atoms with Crippen molar-refractivity contribution < 1.29 is 0 Å². The minimum atomic E-state index is 0.676. The van der Waals surface area contributed by atoms with E-state index in [1.54, 1.807) is 12.4 Å². The van der Waals surface area contributed by atoms with Gasteiger partial charge in [0, 0.05) is 16.6 Å². The van der Waals surface area contributed by atoms with E-state index in [0.717, 1.165) is 22.2 Å². The average molecular weight is 296 g/mol. The Balaban J connectivity index is 1.83. The van der Waals surface area contributed by atoms with E-state index < -0.39 is 0 Å². The number of anilines is 1. The number of pyridine rings is 1. The topological polar surface area (TPSA) is 37.3 Å². The summed E-state index contributed by atoms with van der Waals surface area (Å²) < 4.78 is 0. The first-order valence-electron chi connectivity index (χ1n) is 6.62. The molecule has 4 heteroatoms. The van der Waals surface area contributed by atoms with Gasteiger partial charge in [0.1, 0.15) is 0 Å². The third-order valence-corrected chi connectivity index (χ3v) is 3.42. The monoisotopic (exact) mass is 295 g/mol. The fourth-order valence-corrected chi connectivity index (χ4v) is 2.21. The van der Waals surface area contributed by atoms with Gasteiger partial charge in [-0.05, 0) is 36.8 Å². The van der Waals surface area contributed by atoms with Crippen LogP contribution in [0.1, 0.15) is 11.1 Å². The van der Waals surface area contributed by atoms with Gasteiger partial charge in [0.25, 0.3) is 0 Å². The summed E-state index contributed by atoms with van der Waals surface area (Å²) in [7, 11) is 0. The number of hydrogen-bond acceptors (Lipinski definition) is 3. The summed E-state index contributed by atoms with van der Waals surface area (Å²) in [5.41, 5.74) is 7.09. The van der Waals surface area contributed by atoms with Gasteiger partial charge in [-0.1, -0.05) is 41.4 Å². The van der Waals surface area contributed by atoms with Crippen LogP contribution >= 0.6 is 11.6 Å². The molecule has 1 heterocycles. The normalized spacial score (nSPS) is 11.1. The number of nitrogens with one attached hydrogen (secondary N) is 1. The van der Waals surface area contributed by atoms with Crippen molar-refractivity contribution in [2.45, 2.75) is 6.92 Å². The van der Waals surface area contributed by atoms with E-state index in [1.165, 1.54) is 5.56 Å². The lowest BCUT2D eigenvalue weighted by Gasteiger charge is -2.05. The number of fused-ring (bicyclic) bond motifs is 1. The number of nitrogens with zero attached hydrogens (tertiary/aromatic N) is 2. The fraction of sp³-hybridized carbons (Fsp3) is 0.0588. The Labute approximate surface area is 128 Å². The first-order chi connectivity index (χ1) is 10.2. The van der Waals surface area contributed by atoms with Gasteiger partial charge in [-0.15, -0.1) is 0 Å². The number of hydrogen-bond donors (Lipinski definition) is 1. The smallest absolute Gasteiger partial charge is 0.0738 e. The van der Waals surface area contributed by atoms with Crippen LogP contribution < -0.4 is 5.43 Å². The van der Waals surface area contributed by atoms with Gasteiger partial charge in [-0.25, -0.2) is 0 Å². The highest BCUT2D eigenvalue weighted by Gasteiger charge is 2.01. The van der Waals surface area contributed by atoms with Crippen LogP contribution in [0.25, 0.3) is 10.9 Å². The first-order valence-corrected chi connectivity index (χ1v) is 7.00. The molecule has 3 rings (SSSR count). The van der Waals surface area contributed by atoms with Crippen molar-refractivity contribution in [3.8, 4) is 0 Å². The van der Waals surface area contributed by atoms with E-state index in [2.05, 4.69) is 34.6 Å². The molecule has 0 spiro atoms. The van der Waals surface area contributed by atoms with E-state index in [-0.39, 0.29) is 0 Å². The Morgan fingerprint density at radius 3 is 2.71 bits per heavy atom. The molecule has 0 saturated carbocycles. The van der Waals surface area contributed by atoms with E-state index in [9.17, 15) is 0 Å². The fourth-order valence-electron chi connectivity index (χ4n) is 2.05. The third-order valence-electron chi connectivity index (χ3n) is 3.18. The van der Waals surface area contributed by atoms with Crippen LogP contribution in [0.15, 0.2) is 59.8 Å². The number of halogens is 1. The molecular formula is C17H14ClN3. The van der Waals surface area contributed by atoms with Crippen molar-refractivity contribution >= 4 is 34.4 Å². The zero-order valence-corrected chi connectivity index (χ0v) is 12.3. The molecular weight excluding hydrogens is 282 g/mol. The molecule has 0 atom stereocenters. The number of rotatable bonds is 3. The molecule has 0 aliphatic rings. The molecule has 0 amide bonds. The molecule has 0 aliphatic carbocycles. The highest BCUT2D eigenvalue weighted by atomic mass is 35.5. The van der Waals surface area contributed by atoms with Crippen molar-refractivity contribution in [3.63, 3.8) is 0 Å². The van der Waals surface area contributed by atoms with Crippen LogP contribution in [-0.4, -0.2) is 11.2 Å². The summed E-state index contributed by atoms with van der Waals surface area (Å²) in [5.74, 6) is 0. The largest absolute Gasteiger partial charge is 0.278 e. The molecule has 104 valence electrons. The second-order valence-electron chi connectivity index (χ2n) is 4.80. The molecule has 0 unspecified atom stereocenters. The van der Waals surface area contributed by atoms with Gasteiger partial charge >= 0.3 is 0 Å². The summed E-state index contributed by atoms with van der Waals surface area (Å²) in [5, 5.41) is 5.94. The van der Waals surface area contributed by atoms with Crippen molar-refractivity contribution in [1.82, 2.24) is 4.98 Å². The van der Waals surface area contributed by atoms with Crippen LogP contribution in [0.3, 0.4) is 0 Å². The maximum atomic E-state index is 5.98. The maximum absolute atomic E-state index is 5.98. The van der Waals surface area contributed by atoms with Crippen molar-refractivity contribution in [2.24, 2.45) is 5.10 Å². The van der Waals surface area contributed by atoms with Crippen LogP contribution in [0.5, 0.6) is 0 Å². The highest BCUT2D eigenvalue weighted by molar-refractivity contribution is 6.31. The maximum Gasteiger partial charge on any atom is 0.0738 e.